The topological polar surface area (TPSA) is 110 Å². The number of rotatable bonds is 3. The van der Waals surface area contributed by atoms with Gasteiger partial charge < -0.3 is 5.84 Å². The lowest BCUT2D eigenvalue weighted by molar-refractivity contribution is 0.111. The first-order chi connectivity index (χ1) is 6.69. The molecule has 1 rings (SSSR count). The Hall–Kier alpha value is -2.02. The van der Waals surface area contributed by atoms with Crippen LogP contribution in [-0.4, -0.2) is 22.6 Å². The first-order valence-electron chi connectivity index (χ1n) is 3.75. The normalized spacial score (nSPS) is 10.4. The van der Waals surface area contributed by atoms with Gasteiger partial charge in [0.05, 0.1) is 11.9 Å². The number of nitrogens with two attached hydrogens (primary N) is 2. The van der Waals surface area contributed by atoms with Gasteiger partial charge in [0, 0.05) is 0 Å². The Morgan fingerprint density at radius 2 is 2.36 bits per heavy atom. The molecule has 7 nitrogen and oxygen atoms in total. The summed E-state index contributed by atoms with van der Waals surface area (Å²) in [6.45, 7) is 1.66. The fraction of sp³-hybridized carbons (Fsp3) is 0.143. The molecule has 1 aromatic heterocycles. The maximum Gasteiger partial charge on any atom is 0.170 e. The summed E-state index contributed by atoms with van der Waals surface area (Å²) in [6, 6.07) is 0. The van der Waals surface area contributed by atoms with Crippen molar-refractivity contribution in [2.24, 2.45) is 16.8 Å². The first-order valence-corrected chi connectivity index (χ1v) is 3.75. The number of carbonyl (C=O) groups excluding carboxylic acids is 1. The van der Waals surface area contributed by atoms with E-state index in [1.54, 1.807) is 6.92 Å². The second-order valence-corrected chi connectivity index (χ2v) is 2.49. The van der Waals surface area contributed by atoms with Crippen LogP contribution in [0.5, 0.6) is 0 Å². The summed E-state index contributed by atoms with van der Waals surface area (Å²) in [7, 11) is 0. The lowest BCUT2D eigenvalue weighted by atomic mass is 10.3. The van der Waals surface area contributed by atoms with E-state index in [0.29, 0.717) is 17.8 Å². The van der Waals surface area contributed by atoms with Crippen molar-refractivity contribution in [3.63, 3.8) is 0 Å². The van der Waals surface area contributed by atoms with E-state index in [4.69, 9.17) is 11.7 Å². The summed E-state index contributed by atoms with van der Waals surface area (Å²) < 4.78 is 0. The van der Waals surface area contributed by atoms with Crippen LogP contribution >= 0.6 is 0 Å². The van der Waals surface area contributed by atoms with E-state index in [1.165, 1.54) is 12.5 Å². The minimum atomic E-state index is 0.284. The van der Waals surface area contributed by atoms with Gasteiger partial charge in [-0.3, -0.25) is 4.79 Å². The number of hydrazone groups is 1. The van der Waals surface area contributed by atoms with Crippen LogP contribution in [0.1, 0.15) is 16.2 Å². The van der Waals surface area contributed by atoms with E-state index in [0.717, 1.165) is 5.01 Å². The van der Waals surface area contributed by atoms with Crippen molar-refractivity contribution in [3.8, 4) is 0 Å². The molecule has 0 radical (unpaired) electrons. The monoisotopic (exact) mass is 194 g/mol. The molecule has 0 aliphatic heterocycles. The van der Waals surface area contributed by atoms with E-state index in [-0.39, 0.29) is 5.69 Å². The molecule has 74 valence electrons. The van der Waals surface area contributed by atoms with Crippen molar-refractivity contribution < 1.29 is 4.79 Å². The molecule has 0 saturated heterocycles. The van der Waals surface area contributed by atoms with Crippen molar-refractivity contribution in [2.45, 2.75) is 6.92 Å². The molecule has 0 aliphatic carbocycles. The third-order valence-electron chi connectivity index (χ3n) is 1.54. The van der Waals surface area contributed by atoms with E-state index in [9.17, 15) is 4.79 Å². The van der Waals surface area contributed by atoms with Crippen molar-refractivity contribution in [1.82, 2.24) is 9.97 Å². The molecule has 0 unspecified atom stereocenters. The number of anilines is 1. The van der Waals surface area contributed by atoms with Crippen molar-refractivity contribution in [3.05, 3.63) is 17.6 Å². The standard InChI is InChI=1S/C7H10N6O/c1-5-6(3-14)10-2-7(12-5)13(9)4-11-8/h2-4H,8-9H2,1H3/b11-4-. The average Bonchev–Trinajstić information content (AvgIpc) is 2.18. The minimum Gasteiger partial charge on any atom is -0.322 e. The molecule has 1 heterocycles. The lowest BCUT2D eigenvalue weighted by Gasteiger charge is -2.10. The molecular weight excluding hydrogens is 184 g/mol. The van der Waals surface area contributed by atoms with Gasteiger partial charge in [0.15, 0.2) is 12.1 Å². The predicted octanol–water partition coefficient (Wildman–Crippen LogP) is -0.820. The highest BCUT2D eigenvalue weighted by Gasteiger charge is 2.05. The summed E-state index contributed by atoms with van der Waals surface area (Å²) in [5.41, 5.74) is 0.783. The summed E-state index contributed by atoms with van der Waals surface area (Å²) in [4.78, 5) is 18.3. The number of carbonyl (C=O) groups is 1. The van der Waals surface area contributed by atoms with Crippen LogP contribution < -0.4 is 16.7 Å². The van der Waals surface area contributed by atoms with Crippen LogP contribution in [0, 0.1) is 6.92 Å². The molecule has 0 fully saturated rings. The minimum absolute atomic E-state index is 0.284. The Morgan fingerprint density at radius 3 is 2.86 bits per heavy atom. The number of hydrazine groups is 1. The van der Waals surface area contributed by atoms with Crippen LogP contribution in [0.4, 0.5) is 5.82 Å². The zero-order valence-corrected chi connectivity index (χ0v) is 7.58. The number of aryl methyl sites for hydroxylation is 1. The quantitative estimate of drug-likeness (QED) is 0.214. The van der Waals surface area contributed by atoms with Gasteiger partial charge in [0.2, 0.25) is 0 Å². The lowest BCUT2D eigenvalue weighted by Crippen LogP contribution is -2.30. The molecule has 0 aromatic carbocycles. The molecule has 0 spiro atoms. The summed E-state index contributed by atoms with van der Waals surface area (Å²) in [5, 5.41) is 4.33. The van der Waals surface area contributed by atoms with Gasteiger partial charge in [0.25, 0.3) is 0 Å². The van der Waals surface area contributed by atoms with Gasteiger partial charge >= 0.3 is 0 Å². The van der Waals surface area contributed by atoms with Gasteiger partial charge in [-0.1, -0.05) is 0 Å². The summed E-state index contributed by atoms with van der Waals surface area (Å²) in [6.07, 6.45) is 3.17. The number of aldehydes is 1. The predicted molar refractivity (Wildman–Crippen MR) is 51.5 cm³/mol. The van der Waals surface area contributed by atoms with Gasteiger partial charge in [-0.05, 0) is 6.92 Å². The molecule has 0 bridgehead atoms. The molecular formula is C7H10N6O. The number of aromatic nitrogens is 2. The largest absolute Gasteiger partial charge is 0.322 e. The highest BCUT2D eigenvalue weighted by atomic mass is 16.1. The smallest absolute Gasteiger partial charge is 0.170 e. The SMILES string of the molecule is Cc1nc(N(N)/C=N\N)cnc1C=O. The van der Waals surface area contributed by atoms with Crippen LogP contribution in [0.15, 0.2) is 11.3 Å². The number of hydrogen-bond donors (Lipinski definition) is 2. The highest BCUT2D eigenvalue weighted by Crippen LogP contribution is 2.06. The molecule has 0 aliphatic rings. The zero-order valence-electron chi connectivity index (χ0n) is 7.58. The molecule has 4 N–H and O–H groups in total. The third-order valence-corrected chi connectivity index (χ3v) is 1.54. The van der Waals surface area contributed by atoms with E-state index in [1.807, 2.05) is 0 Å². The maximum absolute atomic E-state index is 10.4. The van der Waals surface area contributed by atoms with Gasteiger partial charge in [-0.25, -0.2) is 20.8 Å². The molecule has 1 aromatic rings. The Bertz CT molecular complexity index is 363. The van der Waals surface area contributed by atoms with Gasteiger partial charge in [-0.15, -0.1) is 0 Å². The first kappa shape index (κ1) is 10.1. The molecule has 0 atom stereocenters. The number of nitrogens with zero attached hydrogens (tertiary/aromatic N) is 4. The fourth-order valence-corrected chi connectivity index (χ4v) is 0.850. The molecule has 14 heavy (non-hydrogen) atoms. The Labute approximate surface area is 80.4 Å². The van der Waals surface area contributed by atoms with E-state index >= 15 is 0 Å². The van der Waals surface area contributed by atoms with Crippen LogP contribution in [0.3, 0.4) is 0 Å². The Kier molecular flexibility index (Phi) is 3.08. The number of hydrogen-bond acceptors (Lipinski definition) is 6. The maximum atomic E-state index is 10.4. The summed E-state index contributed by atoms with van der Waals surface area (Å²) >= 11 is 0. The van der Waals surface area contributed by atoms with Crippen LogP contribution in [-0.2, 0) is 0 Å². The second kappa shape index (κ2) is 4.28. The highest BCUT2D eigenvalue weighted by molar-refractivity contribution is 5.77. The third kappa shape index (κ3) is 2.02. The average molecular weight is 194 g/mol. The van der Waals surface area contributed by atoms with Crippen molar-refractivity contribution >= 4 is 18.4 Å². The van der Waals surface area contributed by atoms with Crippen LogP contribution in [0.2, 0.25) is 0 Å². The molecule has 7 heteroatoms. The van der Waals surface area contributed by atoms with E-state index in [2.05, 4.69) is 15.1 Å². The fourth-order valence-electron chi connectivity index (χ4n) is 0.850. The van der Waals surface area contributed by atoms with Gasteiger partial charge in [0.1, 0.15) is 12.0 Å². The van der Waals surface area contributed by atoms with Crippen LogP contribution in [0.25, 0.3) is 0 Å². The van der Waals surface area contributed by atoms with Gasteiger partial charge in [-0.2, -0.15) is 5.10 Å². The Morgan fingerprint density at radius 1 is 1.64 bits per heavy atom. The molecule has 0 amide bonds. The summed E-state index contributed by atoms with van der Waals surface area (Å²) in [5.74, 6) is 10.7. The van der Waals surface area contributed by atoms with Crippen molar-refractivity contribution in [2.75, 3.05) is 5.01 Å². The van der Waals surface area contributed by atoms with E-state index < -0.39 is 0 Å². The zero-order chi connectivity index (χ0) is 10.6. The van der Waals surface area contributed by atoms with Crippen molar-refractivity contribution in [1.29, 1.82) is 0 Å². The molecule has 0 saturated carbocycles. The Balaban J connectivity index is 3.02. The second-order valence-electron chi connectivity index (χ2n) is 2.49.